The van der Waals surface area contributed by atoms with Crippen molar-refractivity contribution in [1.82, 2.24) is 19.9 Å². The van der Waals surface area contributed by atoms with Crippen LogP contribution in [-0.2, 0) is 6.54 Å². The first-order chi connectivity index (χ1) is 12.3. The second-order valence-corrected chi connectivity index (χ2v) is 6.26. The lowest BCUT2D eigenvalue weighted by Crippen LogP contribution is -2.23. The van der Waals surface area contributed by atoms with Gasteiger partial charge in [-0.15, -0.1) is 0 Å². The number of hydrogen-bond acceptors (Lipinski definition) is 4. The molecule has 1 N–H and O–H groups in total. The van der Waals surface area contributed by atoms with Gasteiger partial charge in [-0.25, -0.2) is 9.50 Å². The van der Waals surface area contributed by atoms with Crippen molar-refractivity contribution in [3.8, 4) is 5.75 Å². The summed E-state index contributed by atoms with van der Waals surface area (Å²) < 4.78 is 7.71. The van der Waals surface area contributed by atoms with Crippen LogP contribution in [0.5, 0.6) is 5.75 Å². The van der Waals surface area contributed by atoms with Gasteiger partial charge in [-0.1, -0.05) is 18.2 Å². The Morgan fingerprint density at radius 3 is 2.96 bits per heavy atom. The predicted molar refractivity (Wildman–Crippen MR) is 93.5 cm³/mol. The Bertz CT molecular complexity index is 884. The third-order valence-electron chi connectivity index (χ3n) is 4.53. The fourth-order valence-corrected chi connectivity index (χ4v) is 3.21. The summed E-state index contributed by atoms with van der Waals surface area (Å²) in [6.45, 7) is 0.409. The Balaban J connectivity index is 1.46. The molecule has 0 aliphatic heterocycles. The third kappa shape index (κ3) is 3.33. The lowest BCUT2D eigenvalue weighted by Gasteiger charge is -2.16. The molecule has 1 amide bonds. The number of nitrogens with zero attached hydrogens (tertiary/aromatic N) is 3. The molecule has 128 valence electrons. The molecule has 3 aromatic rings. The van der Waals surface area contributed by atoms with Crippen molar-refractivity contribution in [1.29, 1.82) is 0 Å². The number of amides is 1. The molecule has 2 heterocycles. The van der Waals surface area contributed by atoms with Gasteiger partial charge in [0, 0.05) is 24.5 Å². The number of benzene rings is 1. The van der Waals surface area contributed by atoms with Gasteiger partial charge in [-0.3, -0.25) is 4.79 Å². The summed E-state index contributed by atoms with van der Waals surface area (Å²) >= 11 is 0. The fraction of sp³-hybridized carbons (Fsp3) is 0.316. The van der Waals surface area contributed by atoms with E-state index >= 15 is 0 Å². The average Bonchev–Trinajstić information content (AvgIpc) is 3.30. The molecule has 1 saturated carbocycles. The minimum atomic E-state index is -0.190. The van der Waals surface area contributed by atoms with Crippen molar-refractivity contribution >= 4 is 11.6 Å². The summed E-state index contributed by atoms with van der Waals surface area (Å²) in [5, 5.41) is 7.10. The molecule has 0 atom stereocenters. The molecule has 6 nitrogen and oxygen atoms in total. The van der Waals surface area contributed by atoms with Gasteiger partial charge in [-0.2, -0.15) is 5.10 Å². The standard InChI is InChI=1S/C19H20N4O2/c24-19(16-13-22-23-11-5-10-20-18(16)23)21-12-14-6-1-4-9-17(14)25-15-7-2-3-8-15/h1,4-6,9-11,13,15H,2-3,7-8,12H2,(H,21,24). The van der Waals surface area contributed by atoms with E-state index in [2.05, 4.69) is 15.4 Å². The van der Waals surface area contributed by atoms with Crippen LogP contribution in [0.1, 0.15) is 41.6 Å². The van der Waals surface area contributed by atoms with Crippen LogP contribution >= 0.6 is 0 Å². The second-order valence-electron chi connectivity index (χ2n) is 6.26. The average molecular weight is 336 g/mol. The molecule has 0 radical (unpaired) electrons. The highest BCUT2D eigenvalue weighted by Crippen LogP contribution is 2.26. The minimum absolute atomic E-state index is 0.190. The zero-order chi connectivity index (χ0) is 17.1. The van der Waals surface area contributed by atoms with Gasteiger partial charge in [0.25, 0.3) is 5.91 Å². The van der Waals surface area contributed by atoms with E-state index in [0.29, 0.717) is 23.9 Å². The van der Waals surface area contributed by atoms with E-state index in [1.54, 1.807) is 29.2 Å². The second kappa shape index (κ2) is 6.93. The van der Waals surface area contributed by atoms with E-state index in [0.717, 1.165) is 24.2 Å². The van der Waals surface area contributed by atoms with Crippen molar-refractivity contribution in [3.63, 3.8) is 0 Å². The van der Waals surface area contributed by atoms with Gasteiger partial charge < -0.3 is 10.1 Å². The zero-order valence-corrected chi connectivity index (χ0v) is 13.9. The molecule has 2 aromatic heterocycles. The Morgan fingerprint density at radius 2 is 2.08 bits per heavy atom. The number of carbonyl (C=O) groups excluding carboxylic acids is 1. The van der Waals surface area contributed by atoms with Crippen LogP contribution in [-0.4, -0.2) is 26.6 Å². The first-order valence-electron chi connectivity index (χ1n) is 8.62. The summed E-state index contributed by atoms with van der Waals surface area (Å²) in [7, 11) is 0. The highest BCUT2D eigenvalue weighted by atomic mass is 16.5. The van der Waals surface area contributed by atoms with Crippen LogP contribution in [0.3, 0.4) is 0 Å². The molecular formula is C19H20N4O2. The van der Waals surface area contributed by atoms with Crippen LogP contribution in [0.15, 0.2) is 48.9 Å². The minimum Gasteiger partial charge on any atom is -0.490 e. The van der Waals surface area contributed by atoms with E-state index in [1.807, 2.05) is 24.3 Å². The molecule has 6 heteroatoms. The predicted octanol–water partition coefficient (Wildman–Crippen LogP) is 2.98. The van der Waals surface area contributed by atoms with Gasteiger partial charge >= 0.3 is 0 Å². The molecule has 1 aliphatic carbocycles. The summed E-state index contributed by atoms with van der Waals surface area (Å²) in [6, 6.07) is 9.65. The van der Waals surface area contributed by atoms with E-state index < -0.39 is 0 Å². The van der Waals surface area contributed by atoms with E-state index in [-0.39, 0.29) is 5.91 Å². The van der Waals surface area contributed by atoms with Crippen LogP contribution in [0.4, 0.5) is 0 Å². The maximum Gasteiger partial charge on any atom is 0.257 e. The molecule has 25 heavy (non-hydrogen) atoms. The molecule has 0 spiro atoms. The quantitative estimate of drug-likeness (QED) is 0.778. The molecule has 1 aliphatic rings. The number of hydrogen-bond donors (Lipinski definition) is 1. The Kier molecular flexibility index (Phi) is 4.33. The van der Waals surface area contributed by atoms with Crippen molar-refractivity contribution in [2.45, 2.75) is 38.3 Å². The number of nitrogens with one attached hydrogen (secondary N) is 1. The normalized spacial score (nSPS) is 14.7. The van der Waals surface area contributed by atoms with Gasteiger partial charge in [0.2, 0.25) is 0 Å². The smallest absolute Gasteiger partial charge is 0.257 e. The van der Waals surface area contributed by atoms with Crippen LogP contribution in [0.25, 0.3) is 5.65 Å². The molecule has 1 fully saturated rings. The third-order valence-corrected chi connectivity index (χ3v) is 4.53. The number of aromatic nitrogens is 3. The Labute approximate surface area is 145 Å². The number of para-hydroxylation sites is 1. The SMILES string of the molecule is O=C(NCc1ccccc1OC1CCCC1)c1cnn2cccnc12. The maximum absolute atomic E-state index is 12.5. The largest absolute Gasteiger partial charge is 0.490 e. The van der Waals surface area contributed by atoms with E-state index in [9.17, 15) is 4.79 Å². The monoisotopic (exact) mass is 336 g/mol. The first-order valence-corrected chi connectivity index (χ1v) is 8.62. The number of rotatable bonds is 5. The van der Waals surface area contributed by atoms with Gasteiger partial charge in [-0.05, 0) is 37.8 Å². The zero-order valence-electron chi connectivity index (χ0n) is 13.9. The summed E-state index contributed by atoms with van der Waals surface area (Å²) in [5.41, 5.74) is 2.00. The first kappa shape index (κ1) is 15.6. The number of carbonyl (C=O) groups is 1. The van der Waals surface area contributed by atoms with Crippen molar-refractivity contribution in [3.05, 3.63) is 60.0 Å². The molecule has 4 rings (SSSR count). The van der Waals surface area contributed by atoms with E-state index in [1.165, 1.54) is 12.8 Å². The lowest BCUT2D eigenvalue weighted by molar-refractivity contribution is 0.0952. The molecule has 0 saturated heterocycles. The van der Waals surface area contributed by atoms with Gasteiger partial charge in [0.15, 0.2) is 5.65 Å². The van der Waals surface area contributed by atoms with Crippen LogP contribution in [0, 0.1) is 0 Å². The molecule has 0 unspecified atom stereocenters. The van der Waals surface area contributed by atoms with Gasteiger partial charge in [0.1, 0.15) is 11.3 Å². The number of ether oxygens (including phenoxy) is 1. The Hall–Kier alpha value is -2.89. The van der Waals surface area contributed by atoms with Crippen LogP contribution in [0.2, 0.25) is 0 Å². The van der Waals surface area contributed by atoms with Crippen LogP contribution < -0.4 is 10.1 Å². The summed E-state index contributed by atoms with van der Waals surface area (Å²) in [5.74, 6) is 0.664. The van der Waals surface area contributed by atoms with Crippen molar-refractivity contribution in [2.75, 3.05) is 0 Å². The maximum atomic E-state index is 12.5. The lowest BCUT2D eigenvalue weighted by atomic mass is 10.2. The molecule has 0 bridgehead atoms. The highest BCUT2D eigenvalue weighted by Gasteiger charge is 2.18. The molecule has 1 aromatic carbocycles. The fourth-order valence-electron chi connectivity index (χ4n) is 3.21. The molecular weight excluding hydrogens is 316 g/mol. The summed E-state index contributed by atoms with van der Waals surface area (Å²) in [4.78, 5) is 16.7. The highest BCUT2D eigenvalue weighted by molar-refractivity contribution is 5.99. The van der Waals surface area contributed by atoms with Crippen molar-refractivity contribution < 1.29 is 9.53 Å². The van der Waals surface area contributed by atoms with E-state index in [4.69, 9.17) is 4.74 Å². The number of fused-ring (bicyclic) bond motifs is 1. The van der Waals surface area contributed by atoms with Gasteiger partial charge in [0.05, 0.1) is 12.3 Å². The Morgan fingerprint density at radius 1 is 1.24 bits per heavy atom. The summed E-state index contributed by atoms with van der Waals surface area (Å²) in [6.07, 6.45) is 9.92. The van der Waals surface area contributed by atoms with Crippen molar-refractivity contribution in [2.24, 2.45) is 0 Å². The topological polar surface area (TPSA) is 68.5 Å².